The van der Waals surface area contributed by atoms with Crippen LogP contribution in [0.15, 0.2) is 224 Å². The van der Waals surface area contributed by atoms with Gasteiger partial charge in [-0.15, -0.1) is 0 Å². The van der Waals surface area contributed by atoms with Gasteiger partial charge in [-0.3, -0.25) is 0 Å². The third-order valence-electron chi connectivity index (χ3n) is 23.0. The second-order valence-corrected chi connectivity index (χ2v) is 42.1. The van der Waals surface area contributed by atoms with Gasteiger partial charge in [0, 0.05) is 8.22 Å². The lowest BCUT2D eigenvalue weighted by Gasteiger charge is -2.39. The summed E-state index contributed by atoms with van der Waals surface area (Å²) in [5.41, 5.74) is 6.34. The lowest BCUT2D eigenvalue weighted by Crippen LogP contribution is -2.38. The molecule has 670 valence electrons. The zero-order chi connectivity index (χ0) is 102. The molecule has 2 aliphatic carbocycles. The van der Waals surface area contributed by atoms with Gasteiger partial charge in [-0.2, -0.15) is 39.5 Å². The van der Waals surface area contributed by atoms with Crippen LogP contribution in [-0.4, -0.2) is 18.5 Å². The standard InChI is InChI=1S/C21H30F6.2C16H24.2C16H18.C15H21F3.C13H20/c1-13(19(7,8)21(25,26)27)15-11-9-10-14(16(15)17(2,3)4)12-18(5,6)20(22,23)24;4*1-16(2,3)15-12-8-7-11-14(15)13-9-5-4-6-10-13;1-13(2,3)12-9-7-6-8-11(12)10-14(4,5)15(16,17)18;1-10(2)11-8-6-7-9-12(11)13(3,4)5/h9-11,13H,12H2,1-8H3;2*7-8,11-13H,4-6,9-10H2,1-3H3;2*4-12H,1-3H3;6-9H,10H2,1-5H3;6-10H,1-5H3/i12D2,13D;13D;;4D,5D,6D,9D,10D;;10D2;. The van der Waals surface area contributed by atoms with Crippen LogP contribution in [0.3, 0.4) is 0 Å². The van der Waals surface area contributed by atoms with Crippen molar-refractivity contribution in [1.29, 1.82) is 0 Å². The van der Waals surface area contributed by atoms with E-state index in [0.29, 0.717) is 17.0 Å². The lowest BCUT2D eigenvalue weighted by atomic mass is 9.68. The zero-order valence-corrected chi connectivity index (χ0v) is 79.6. The predicted octanol–water partition coefficient (Wildman–Crippen LogP) is 36.4. The molecule has 0 bridgehead atoms. The average molecular weight is 1700 g/mol. The van der Waals surface area contributed by atoms with Crippen molar-refractivity contribution in [3.63, 3.8) is 0 Å². The van der Waals surface area contributed by atoms with Crippen LogP contribution in [-0.2, 0) is 50.7 Å². The Hall–Kier alpha value is -7.65. The number of hydrogen-bond donors (Lipinski definition) is 0. The van der Waals surface area contributed by atoms with E-state index in [2.05, 4.69) is 224 Å². The number of rotatable bonds is 11. The minimum absolute atomic E-state index is 0.0119. The number of hydrogen-bond acceptors (Lipinski definition) is 0. The summed E-state index contributed by atoms with van der Waals surface area (Å²) in [6.45, 7) is 54.4. The highest BCUT2D eigenvalue weighted by Crippen LogP contribution is 2.52. The van der Waals surface area contributed by atoms with Gasteiger partial charge in [-0.1, -0.05) is 471 Å². The normalized spacial score (nSPS) is 16.8. The summed E-state index contributed by atoms with van der Waals surface area (Å²) in [7, 11) is 0. The maximum atomic E-state index is 13.8. The molecule has 0 radical (unpaired) electrons. The number of alkyl halides is 9. The van der Waals surface area contributed by atoms with Crippen molar-refractivity contribution in [2.24, 2.45) is 16.2 Å². The van der Waals surface area contributed by atoms with Crippen LogP contribution in [0, 0.1) is 16.2 Å². The van der Waals surface area contributed by atoms with Gasteiger partial charge < -0.3 is 0 Å². The Morgan fingerprint density at radius 2 is 0.656 bits per heavy atom. The molecule has 0 spiro atoms. The van der Waals surface area contributed by atoms with E-state index in [1.807, 2.05) is 65.8 Å². The highest BCUT2D eigenvalue weighted by molar-refractivity contribution is 5.69. The Balaban J connectivity index is 0.000000278. The first kappa shape index (κ1) is 87.8. The summed E-state index contributed by atoms with van der Waals surface area (Å²) in [6, 6.07) is 62.0. The summed E-state index contributed by atoms with van der Waals surface area (Å²) >= 11 is 0. The van der Waals surface area contributed by atoms with E-state index in [1.165, 1.54) is 115 Å². The molecular formula is C113H155F9. The van der Waals surface area contributed by atoms with Crippen LogP contribution in [0.4, 0.5) is 39.5 Å². The van der Waals surface area contributed by atoms with Gasteiger partial charge in [-0.25, -0.2) is 0 Å². The Bertz CT molecular complexity index is 5150. The van der Waals surface area contributed by atoms with Crippen molar-refractivity contribution in [3.05, 3.63) is 297 Å². The van der Waals surface area contributed by atoms with Crippen LogP contribution in [0.2, 0.25) is 0 Å². The molecule has 1 atom stereocenters. The number of halogens is 9. The van der Waals surface area contributed by atoms with Crippen molar-refractivity contribution < 1.29 is 54.6 Å². The van der Waals surface area contributed by atoms with E-state index >= 15 is 0 Å². The molecule has 0 nitrogen and oxygen atoms in total. The summed E-state index contributed by atoms with van der Waals surface area (Å²) in [4.78, 5) is 0. The molecule has 0 aromatic heterocycles. The molecule has 9 aromatic rings. The molecule has 0 aliphatic heterocycles. The van der Waals surface area contributed by atoms with Crippen LogP contribution >= 0.6 is 0 Å². The van der Waals surface area contributed by atoms with Crippen molar-refractivity contribution in [2.75, 3.05) is 0 Å². The predicted molar refractivity (Wildman–Crippen MR) is 508 cm³/mol. The molecule has 0 N–H and O–H groups in total. The third kappa shape index (κ3) is 30.6. The van der Waals surface area contributed by atoms with E-state index in [0.717, 1.165) is 72.8 Å². The van der Waals surface area contributed by atoms with Crippen molar-refractivity contribution in [3.8, 4) is 22.3 Å². The quantitative estimate of drug-likeness (QED) is 0.113. The largest absolute Gasteiger partial charge is 0.394 e. The first-order valence-electron chi connectivity index (χ1n) is 49.3. The number of benzene rings is 9. The molecule has 11 rings (SSSR count). The van der Waals surface area contributed by atoms with Crippen LogP contribution in [0.5, 0.6) is 0 Å². The highest BCUT2D eigenvalue weighted by atomic mass is 19.4. The molecule has 122 heavy (non-hydrogen) atoms. The Morgan fingerprint density at radius 1 is 0.320 bits per heavy atom. The van der Waals surface area contributed by atoms with E-state index in [4.69, 9.17) is 15.1 Å². The topological polar surface area (TPSA) is 0 Å². The van der Waals surface area contributed by atoms with Gasteiger partial charge >= 0.3 is 18.5 Å². The first-order chi connectivity index (χ1) is 60.3. The van der Waals surface area contributed by atoms with E-state index in [-0.39, 0.29) is 91.0 Å². The summed E-state index contributed by atoms with van der Waals surface area (Å²) < 4.78 is 212. The van der Waals surface area contributed by atoms with Gasteiger partial charge in [0.05, 0.1) is 23.1 Å². The van der Waals surface area contributed by atoms with Gasteiger partial charge in [0.25, 0.3) is 0 Å². The van der Waals surface area contributed by atoms with Crippen LogP contribution < -0.4 is 0 Å². The van der Waals surface area contributed by atoms with Gasteiger partial charge in [0.15, 0.2) is 0 Å². The molecule has 2 fully saturated rings. The fourth-order valence-corrected chi connectivity index (χ4v) is 15.5. The fraction of sp³-hybridized carbons (Fsp3) is 0.522. The minimum Gasteiger partial charge on any atom is -0.171 e. The Labute approximate surface area is 750 Å². The first-order valence-corrected chi connectivity index (χ1v) is 43.8. The summed E-state index contributed by atoms with van der Waals surface area (Å²) in [5.74, 6) is -1.18. The smallest absolute Gasteiger partial charge is 0.171 e. The fourth-order valence-electron chi connectivity index (χ4n) is 15.5. The minimum atomic E-state index is -4.91. The molecular weight excluding hydrogens is 1530 g/mol. The molecule has 2 saturated carbocycles. The molecule has 1 unspecified atom stereocenters. The highest BCUT2D eigenvalue weighted by Gasteiger charge is 2.53. The maximum absolute atomic E-state index is 13.8. The molecule has 0 saturated heterocycles. The third-order valence-corrected chi connectivity index (χ3v) is 23.0. The second-order valence-electron chi connectivity index (χ2n) is 42.1. The molecule has 9 heteroatoms. The lowest BCUT2D eigenvalue weighted by molar-refractivity contribution is -0.218. The summed E-state index contributed by atoms with van der Waals surface area (Å²) in [5, 5.41) is 0. The van der Waals surface area contributed by atoms with Crippen molar-refractivity contribution in [2.45, 2.75) is 365 Å². The van der Waals surface area contributed by atoms with Crippen molar-refractivity contribution >= 4 is 0 Å². The molecule has 9 aromatic carbocycles. The average Bonchev–Trinajstić information content (AvgIpc) is 0.713. The Kier molecular flexibility index (Phi) is 31.0. The van der Waals surface area contributed by atoms with Crippen LogP contribution in [0.1, 0.15) is 383 Å². The molecule has 0 amide bonds. The second kappa shape index (κ2) is 43.0. The monoisotopic (exact) mass is 1690 g/mol. The molecule has 2 aliphatic rings. The van der Waals surface area contributed by atoms with Gasteiger partial charge in [0.2, 0.25) is 0 Å². The van der Waals surface area contributed by atoms with E-state index in [1.54, 1.807) is 50.1 Å². The Morgan fingerprint density at radius 3 is 1.07 bits per heavy atom. The maximum Gasteiger partial charge on any atom is 0.394 e. The van der Waals surface area contributed by atoms with Crippen molar-refractivity contribution in [1.82, 2.24) is 0 Å². The van der Waals surface area contributed by atoms with E-state index in [9.17, 15) is 39.5 Å². The van der Waals surface area contributed by atoms with Crippen LogP contribution in [0.25, 0.3) is 22.3 Å². The molecule has 0 heterocycles. The van der Waals surface area contributed by atoms with Gasteiger partial charge in [-0.05, 0) is 195 Å². The SMILES string of the molecule is CC(C)(C)c1ccccc1-c1ccccc1.CC(C)(C)c1ccccc1C1CCCCC1.CC(C)c1ccccc1C(C)(C)C.[2H]C([2H])(c1cccc(C([2H])(C)C(C)(C)C(F)(F)F)c1C(C)(C)C)C(C)(C)C(F)(F)F.[2H]C([2H])(c1ccccc1C(C)(C)C)C(C)(C)C(F)(F)F.[2H]C1(c2ccccc2C(C)(C)C)CCCCC1.[2H]c1c([2H])c([2H])c(-c2ccccc2C(C)(C)C)c([2H])c1[2H]. The van der Waals surface area contributed by atoms with E-state index < -0.39 is 64.2 Å². The zero-order valence-electron chi connectivity index (χ0n) is 90.6. The summed E-state index contributed by atoms with van der Waals surface area (Å²) in [6.07, 6.45) is -6.90. The van der Waals surface area contributed by atoms with Gasteiger partial charge in [0.1, 0.15) is 0 Å².